The van der Waals surface area contributed by atoms with Crippen LogP contribution in [-0.4, -0.2) is 53.7 Å². The Morgan fingerprint density at radius 2 is 1.89 bits per heavy atom. The van der Waals surface area contributed by atoms with Crippen molar-refractivity contribution >= 4 is 0 Å². The van der Waals surface area contributed by atoms with E-state index in [2.05, 4.69) is 30.7 Å². The molecule has 1 aromatic carbocycles. The molecule has 0 spiro atoms. The van der Waals surface area contributed by atoms with Gasteiger partial charge in [0.25, 0.3) is 0 Å². The highest BCUT2D eigenvalue weighted by atomic mass is 16.5. The summed E-state index contributed by atoms with van der Waals surface area (Å²) in [5.41, 5.74) is 1.21. The number of hydrogen-bond acceptors (Lipinski definition) is 4. The minimum atomic E-state index is 0.277. The van der Waals surface area contributed by atoms with E-state index < -0.39 is 0 Å². The first-order chi connectivity index (χ1) is 9.06. The lowest BCUT2D eigenvalue weighted by molar-refractivity contribution is 0.0275. The second kappa shape index (κ2) is 4.69. The van der Waals surface area contributed by atoms with Gasteiger partial charge in [-0.05, 0) is 33.0 Å². The van der Waals surface area contributed by atoms with Crippen molar-refractivity contribution in [3.8, 4) is 11.5 Å². The Balaban J connectivity index is 1.82. The van der Waals surface area contributed by atoms with Gasteiger partial charge >= 0.3 is 0 Å². The lowest BCUT2D eigenvalue weighted by Crippen LogP contribution is -2.55. The minimum Gasteiger partial charge on any atom is -0.508 e. The van der Waals surface area contributed by atoms with Gasteiger partial charge in [-0.3, -0.25) is 9.80 Å². The average Bonchev–Trinajstić information content (AvgIpc) is 2.78. The molecule has 0 aliphatic carbocycles. The number of piperazine rings is 1. The number of phenols is 1. The highest BCUT2D eigenvalue weighted by molar-refractivity contribution is 5.44. The molecule has 3 atom stereocenters. The molecule has 1 fully saturated rings. The van der Waals surface area contributed by atoms with Gasteiger partial charge in [0.1, 0.15) is 18.1 Å². The third kappa shape index (κ3) is 2.19. The van der Waals surface area contributed by atoms with Gasteiger partial charge in [0, 0.05) is 36.8 Å². The first-order valence-electron chi connectivity index (χ1n) is 6.98. The van der Waals surface area contributed by atoms with Crippen molar-refractivity contribution in [3.63, 3.8) is 0 Å². The lowest BCUT2D eigenvalue weighted by atomic mass is 10.0. The Bertz CT molecular complexity index is 465. The molecule has 2 heterocycles. The van der Waals surface area contributed by atoms with Crippen LogP contribution in [0.5, 0.6) is 11.5 Å². The molecule has 4 heteroatoms. The van der Waals surface area contributed by atoms with E-state index in [0.29, 0.717) is 24.7 Å². The first-order valence-corrected chi connectivity index (χ1v) is 6.98. The van der Waals surface area contributed by atoms with E-state index in [1.54, 1.807) is 12.1 Å². The predicted molar refractivity (Wildman–Crippen MR) is 74.6 cm³/mol. The van der Waals surface area contributed by atoms with Gasteiger partial charge in [0.05, 0.1) is 6.04 Å². The van der Waals surface area contributed by atoms with E-state index in [9.17, 15) is 5.11 Å². The summed E-state index contributed by atoms with van der Waals surface area (Å²) in [5, 5.41) is 9.51. The smallest absolute Gasteiger partial charge is 0.127 e. The fraction of sp³-hybridized carbons (Fsp3) is 0.600. The van der Waals surface area contributed by atoms with E-state index in [1.807, 2.05) is 6.07 Å². The Morgan fingerprint density at radius 3 is 2.58 bits per heavy atom. The second-order valence-electron chi connectivity index (χ2n) is 5.87. The number of likely N-dealkylation sites (N-methyl/N-ethyl adjacent to an activating group) is 1. The van der Waals surface area contributed by atoms with E-state index >= 15 is 0 Å². The topological polar surface area (TPSA) is 35.9 Å². The van der Waals surface area contributed by atoms with Crippen LogP contribution in [-0.2, 0) is 0 Å². The van der Waals surface area contributed by atoms with E-state index in [1.165, 1.54) is 5.56 Å². The fourth-order valence-corrected chi connectivity index (χ4v) is 3.18. The molecule has 19 heavy (non-hydrogen) atoms. The normalized spacial score (nSPS) is 32.1. The van der Waals surface area contributed by atoms with Crippen molar-refractivity contribution in [1.82, 2.24) is 9.80 Å². The monoisotopic (exact) mass is 262 g/mol. The minimum absolute atomic E-state index is 0.277. The summed E-state index contributed by atoms with van der Waals surface area (Å²) in [6, 6.07) is 6.92. The SMILES string of the molecule is CC1CN(C2COc3cc(O)ccc32)CC(C)N1C. The van der Waals surface area contributed by atoms with Crippen molar-refractivity contribution in [3.05, 3.63) is 23.8 Å². The van der Waals surface area contributed by atoms with Crippen LogP contribution in [0, 0.1) is 0 Å². The van der Waals surface area contributed by atoms with Crippen molar-refractivity contribution in [2.75, 3.05) is 26.7 Å². The molecule has 1 aromatic rings. The van der Waals surface area contributed by atoms with Gasteiger partial charge < -0.3 is 9.84 Å². The molecule has 1 saturated heterocycles. The molecule has 0 saturated carbocycles. The maximum absolute atomic E-state index is 9.51. The van der Waals surface area contributed by atoms with Crippen LogP contribution in [0.4, 0.5) is 0 Å². The lowest BCUT2D eigenvalue weighted by Gasteiger charge is -2.44. The zero-order valence-electron chi connectivity index (χ0n) is 11.8. The van der Waals surface area contributed by atoms with Crippen molar-refractivity contribution < 1.29 is 9.84 Å². The van der Waals surface area contributed by atoms with E-state index in [-0.39, 0.29) is 5.75 Å². The fourth-order valence-electron chi connectivity index (χ4n) is 3.18. The molecule has 3 unspecified atom stereocenters. The average molecular weight is 262 g/mol. The number of phenolic OH excluding ortho intramolecular Hbond substituents is 1. The zero-order chi connectivity index (χ0) is 13.6. The van der Waals surface area contributed by atoms with Gasteiger partial charge in [-0.25, -0.2) is 0 Å². The summed E-state index contributed by atoms with van der Waals surface area (Å²) in [5.74, 6) is 1.11. The number of rotatable bonds is 1. The summed E-state index contributed by atoms with van der Waals surface area (Å²) < 4.78 is 5.73. The molecule has 4 nitrogen and oxygen atoms in total. The molecular weight excluding hydrogens is 240 g/mol. The Labute approximate surface area is 114 Å². The summed E-state index contributed by atoms with van der Waals surface area (Å²) in [4.78, 5) is 4.95. The highest BCUT2D eigenvalue weighted by Crippen LogP contribution is 2.39. The number of benzene rings is 1. The summed E-state index contributed by atoms with van der Waals surface area (Å²) in [7, 11) is 2.20. The zero-order valence-corrected chi connectivity index (χ0v) is 11.8. The molecule has 3 rings (SSSR count). The van der Waals surface area contributed by atoms with Crippen molar-refractivity contribution in [2.45, 2.75) is 32.0 Å². The standard InChI is InChI=1S/C15H22N2O2/c1-10-7-17(8-11(2)16(10)3)14-9-19-15-6-12(18)4-5-13(14)15/h4-6,10-11,14,18H,7-9H2,1-3H3. The Hall–Kier alpha value is -1.26. The first kappa shape index (κ1) is 12.8. The molecule has 2 aliphatic rings. The van der Waals surface area contributed by atoms with Crippen LogP contribution in [0.2, 0.25) is 0 Å². The van der Waals surface area contributed by atoms with Crippen LogP contribution >= 0.6 is 0 Å². The van der Waals surface area contributed by atoms with E-state index in [4.69, 9.17) is 4.74 Å². The number of hydrogen-bond donors (Lipinski definition) is 1. The summed E-state index contributed by atoms with van der Waals surface area (Å²) in [6.45, 7) is 7.37. The maximum Gasteiger partial charge on any atom is 0.127 e. The van der Waals surface area contributed by atoms with Crippen molar-refractivity contribution in [2.24, 2.45) is 0 Å². The molecule has 2 aliphatic heterocycles. The molecule has 0 bridgehead atoms. The third-order valence-electron chi connectivity index (χ3n) is 4.58. The number of aromatic hydroxyl groups is 1. The van der Waals surface area contributed by atoms with Gasteiger partial charge in [-0.1, -0.05) is 0 Å². The predicted octanol–water partition coefficient (Wildman–Crippen LogP) is 1.85. The number of fused-ring (bicyclic) bond motifs is 1. The molecule has 0 aromatic heterocycles. The number of nitrogens with zero attached hydrogens (tertiary/aromatic N) is 2. The van der Waals surface area contributed by atoms with Crippen LogP contribution in [0.15, 0.2) is 18.2 Å². The van der Waals surface area contributed by atoms with Gasteiger partial charge in [0.15, 0.2) is 0 Å². The second-order valence-corrected chi connectivity index (χ2v) is 5.87. The van der Waals surface area contributed by atoms with Crippen LogP contribution in [0.25, 0.3) is 0 Å². The molecule has 0 amide bonds. The Kier molecular flexibility index (Phi) is 3.15. The van der Waals surface area contributed by atoms with Crippen LogP contribution in [0.1, 0.15) is 25.5 Å². The Morgan fingerprint density at radius 1 is 1.21 bits per heavy atom. The van der Waals surface area contributed by atoms with Crippen molar-refractivity contribution in [1.29, 1.82) is 0 Å². The van der Waals surface area contributed by atoms with Gasteiger partial charge in [-0.15, -0.1) is 0 Å². The quantitative estimate of drug-likeness (QED) is 0.838. The summed E-state index contributed by atoms with van der Waals surface area (Å²) >= 11 is 0. The van der Waals surface area contributed by atoms with E-state index in [0.717, 1.165) is 18.8 Å². The maximum atomic E-state index is 9.51. The molecule has 104 valence electrons. The molecular formula is C15H22N2O2. The molecule has 0 radical (unpaired) electrons. The highest BCUT2D eigenvalue weighted by Gasteiger charge is 2.35. The van der Waals surface area contributed by atoms with Crippen LogP contribution < -0.4 is 4.74 Å². The summed E-state index contributed by atoms with van der Waals surface area (Å²) in [6.07, 6.45) is 0. The third-order valence-corrected chi connectivity index (χ3v) is 4.58. The molecule has 1 N–H and O–H groups in total. The van der Waals surface area contributed by atoms with Crippen LogP contribution in [0.3, 0.4) is 0 Å². The number of ether oxygens (including phenoxy) is 1. The van der Waals surface area contributed by atoms with Gasteiger partial charge in [0.2, 0.25) is 0 Å². The van der Waals surface area contributed by atoms with Gasteiger partial charge in [-0.2, -0.15) is 0 Å². The largest absolute Gasteiger partial charge is 0.508 e.